The Bertz CT molecular complexity index is 606. The number of hydrogen-bond acceptors (Lipinski definition) is 7. The Morgan fingerprint density at radius 1 is 1.27 bits per heavy atom. The fraction of sp³-hybridized carbons (Fsp3) is 0.864. The van der Waals surface area contributed by atoms with E-state index in [1.807, 2.05) is 0 Å². The van der Waals surface area contributed by atoms with Crippen LogP contribution in [-0.2, 0) is 28.4 Å². The monoisotopic (exact) mass is 427 g/mol. The van der Waals surface area contributed by atoms with Crippen molar-refractivity contribution in [2.24, 2.45) is 11.8 Å². The summed E-state index contributed by atoms with van der Waals surface area (Å²) in [6, 6.07) is 0. The Hall–Kier alpha value is -1.19. The zero-order valence-electron chi connectivity index (χ0n) is 18.8. The minimum atomic E-state index is -0.457. The molecule has 1 N–H and O–H groups in total. The van der Waals surface area contributed by atoms with Crippen LogP contribution < -0.4 is 5.32 Å². The average Bonchev–Trinajstić information content (AvgIpc) is 3.62. The van der Waals surface area contributed by atoms with Gasteiger partial charge in [-0.25, -0.2) is 4.79 Å². The van der Waals surface area contributed by atoms with E-state index in [1.165, 1.54) is 0 Å². The molecule has 0 aromatic rings. The van der Waals surface area contributed by atoms with Crippen LogP contribution in [0.2, 0.25) is 0 Å². The van der Waals surface area contributed by atoms with Crippen LogP contribution in [0.3, 0.4) is 0 Å². The molecule has 1 saturated carbocycles. The van der Waals surface area contributed by atoms with Gasteiger partial charge in [-0.1, -0.05) is 26.0 Å². The van der Waals surface area contributed by atoms with E-state index in [-0.39, 0.29) is 35.4 Å². The Morgan fingerprint density at radius 3 is 2.67 bits per heavy atom. The highest BCUT2D eigenvalue weighted by atomic mass is 16.6. The third-order valence-electron chi connectivity index (χ3n) is 6.28. The molecule has 0 bridgehead atoms. The summed E-state index contributed by atoms with van der Waals surface area (Å²) in [5, 5.41) is 2.74. The maximum absolute atomic E-state index is 12.3. The average molecular weight is 428 g/mol. The molecule has 0 aromatic carbocycles. The second-order valence-corrected chi connectivity index (χ2v) is 8.90. The Morgan fingerprint density at radius 2 is 2.03 bits per heavy atom. The van der Waals surface area contributed by atoms with E-state index >= 15 is 0 Å². The van der Waals surface area contributed by atoms with Crippen molar-refractivity contribution in [1.29, 1.82) is 0 Å². The molecule has 0 radical (unpaired) electrons. The first-order valence-corrected chi connectivity index (χ1v) is 10.9. The van der Waals surface area contributed by atoms with Crippen molar-refractivity contribution in [3.8, 4) is 0 Å². The predicted molar refractivity (Wildman–Crippen MR) is 110 cm³/mol. The zero-order valence-corrected chi connectivity index (χ0v) is 18.8. The van der Waals surface area contributed by atoms with Crippen LogP contribution in [0.25, 0.3) is 0 Å². The standard InChI is InChI=1S/C22H37NO7/c1-15(2)6-7-17-21(3,30-17)19-18(26-5)16(8-9-22(19)14-28-22)29-20(24)23-10-11-27-13-12-25-4/h6-7,15-19H,8-14H2,1-5H3,(H,23,24)/b7-6+/t16-,17-,18-,19?,21?,22+/m1/s1. The molecule has 2 heterocycles. The number of amides is 1. The molecule has 2 aliphatic heterocycles. The SMILES string of the molecule is COCCOCCNC(=O)O[C@@H]1CC[C@]2(CO2)C(C2(C)O[C@@H]2/C=C/C(C)C)[C@@H]1OC. The van der Waals surface area contributed by atoms with Crippen LogP contribution in [0.15, 0.2) is 12.2 Å². The largest absolute Gasteiger partial charge is 0.443 e. The molecule has 1 amide bonds. The minimum absolute atomic E-state index is 0.000685. The smallest absolute Gasteiger partial charge is 0.407 e. The number of methoxy groups -OCH3 is 2. The third-order valence-corrected chi connectivity index (χ3v) is 6.28. The van der Waals surface area contributed by atoms with Gasteiger partial charge in [0.2, 0.25) is 0 Å². The van der Waals surface area contributed by atoms with Crippen molar-refractivity contribution >= 4 is 6.09 Å². The van der Waals surface area contributed by atoms with Crippen LogP contribution >= 0.6 is 0 Å². The van der Waals surface area contributed by atoms with E-state index in [4.69, 9.17) is 28.4 Å². The van der Waals surface area contributed by atoms with Gasteiger partial charge in [0.05, 0.1) is 32.3 Å². The zero-order chi connectivity index (χ0) is 21.8. The van der Waals surface area contributed by atoms with E-state index in [2.05, 4.69) is 38.2 Å². The summed E-state index contributed by atoms with van der Waals surface area (Å²) < 4.78 is 34.0. The Balaban J connectivity index is 1.56. The van der Waals surface area contributed by atoms with Crippen molar-refractivity contribution < 1.29 is 33.2 Å². The molecule has 0 aromatic heterocycles. The van der Waals surface area contributed by atoms with Crippen LogP contribution in [0, 0.1) is 11.8 Å². The molecule has 172 valence electrons. The number of ether oxygens (including phenoxy) is 6. The van der Waals surface area contributed by atoms with E-state index < -0.39 is 6.09 Å². The second-order valence-electron chi connectivity index (χ2n) is 8.90. The topological polar surface area (TPSA) is 91.1 Å². The van der Waals surface area contributed by atoms with Crippen LogP contribution in [0.5, 0.6) is 0 Å². The van der Waals surface area contributed by atoms with Crippen LogP contribution in [-0.4, -0.2) is 82.8 Å². The van der Waals surface area contributed by atoms with Crippen LogP contribution in [0.1, 0.15) is 33.6 Å². The Kier molecular flexibility index (Phi) is 7.79. The number of allylic oxidation sites excluding steroid dienone is 1. The van der Waals surface area contributed by atoms with Crippen LogP contribution in [0.4, 0.5) is 4.79 Å². The number of carbonyl (C=O) groups is 1. The van der Waals surface area contributed by atoms with Gasteiger partial charge < -0.3 is 33.7 Å². The first kappa shape index (κ1) is 23.5. The molecule has 2 unspecified atom stereocenters. The van der Waals surface area contributed by atoms with Gasteiger partial charge in [-0.05, 0) is 25.7 Å². The molecule has 30 heavy (non-hydrogen) atoms. The van der Waals surface area contributed by atoms with E-state index in [0.29, 0.717) is 45.3 Å². The predicted octanol–water partition coefficient (Wildman–Crippen LogP) is 2.31. The van der Waals surface area contributed by atoms with E-state index in [0.717, 1.165) is 6.42 Å². The molecule has 8 nitrogen and oxygen atoms in total. The molecular weight excluding hydrogens is 390 g/mol. The summed E-state index contributed by atoms with van der Waals surface area (Å²) in [7, 11) is 3.29. The fourth-order valence-electron chi connectivity index (χ4n) is 4.59. The number of rotatable bonds is 11. The number of nitrogens with one attached hydrogen (secondary N) is 1. The highest BCUT2D eigenvalue weighted by Crippen LogP contribution is 2.59. The summed E-state index contributed by atoms with van der Waals surface area (Å²) in [4.78, 5) is 12.3. The molecule has 3 aliphatic rings. The maximum Gasteiger partial charge on any atom is 0.407 e. The highest BCUT2D eigenvalue weighted by Gasteiger charge is 2.72. The fourth-order valence-corrected chi connectivity index (χ4v) is 4.59. The Labute approximate surface area is 179 Å². The van der Waals surface area contributed by atoms with E-state index in [1.54, 1.807) is 14.2 Å². The van der Waals surface area contributed by atoms with Gasteiger partial charge in [-0.2, -0.15) is 0 Å². The third kappa shape index (κ3) is 5.34. The van der Waals surface area contributed by atoms with Crippen molar-refractivity contribution in [2.45, 2.75) is 63.1 Å². The minimum Gasteiger partial charge on any atom is -0.443 e. The molecule has 3 rings (SSSR count). The van der Waals surface area contributed by atoms with Crippen molar-refractivity contribution in [1.82, 2.24) is 5.32 Å². The van der Waals surface area contributed by atoms with Gasteiger partial charge >= 0.3 is 6.09 Å². The quantitative estimate of drug-likeness (QED) is 0.307. The van der Waals surface area contributed by atoms with Crippen molar-refractivity contribution in [3.05, 3.63) is 12.2 Å². The second kappa shape index (κ2) is 9.96. The van der Waals surface area contributed by atoms with E-state index in [9.17, 15) is 4.79 Å². The normalized spacial score (nSPS) is 37.7. The molecule has 1 aliphatic carbocycles. The molecule has 8 heteroatoms. The van der Waals surface area contributed by atoms with Gasteiger partial charge in [0.25, 0.3) is 0 Å². The number of carbonyl (C=O) groups excluding carboxylic acids is 1. The first-order chi connectivity index (χ1) is 14.4. The summed E-state index contributed by atoms with van der Waals surface area (Å²) in [5.74, 6) is 0.466. The summed E-state index contributed by atoms with van der Waals surface area (Å²) in [6.45, 7) is 8.92. The lowest BCUT2D eigenvalue weighted by atomic mass is 9.68. The summed E-state index contributed by atoms with van der Waals surface area (Å²) in [5.41, 5.74) is -0.613. The summed E-state index contributed by atoms with van der Waals surface area (Å²) >= 11 is 0. The lowest BCUT2D eigenvalue weighted by Gasteiger charge is -2.42. The molecule has 1 spiro atoms. The first-order valence-electron chi connectivity index (χ1n) is 10.9. The van der Waals surface area contributed by atoms with Gasteiger partial charge in [0.15, 0.2) is 0 Å². The highest BCUT2D eigenvalue weighted by molar-refractivity contribution is 5.67. The van der Waals surface area contributed by atoms with Gasteiger partial charge in [0.1, 0.15) is 29.5 Å². The summed E-state index contributed by atoms with van der Waals surface area (Å²) in [6.07, 6.45) is 4.77. The molecule has 6 atom stereocenters. The molecule has 2 saturated heterocycles. The van der Waals surface area contributed by atoms with Crippen molar-refractivity contribution in [2.75, 3.05) is 47.2 Å². The molecular formula is C22H37NO7. The van der Waals surface area contributed by atoms with Gasteiger partial charge in [0, 0.05) is 20.8 Å². The van der Waals surface area contributed by atoms with Gasteiger partial charge in [-0.3, -0.25) is 0 Å². The lowest BCUT2D eigenvalue weighted by molar-refractivity contribution is -0.118. The number of epoxide rings is 2. The number of hydrogen-bond donors (Lipinski definition) is 1. The van der Waals surface area contributed by atoms with Crippen molar-refractivity contribution in [3.63, 3.8) is 0 Å². The molecule has 3 fully saturated rings. The lowest BCUT2D eigenvalue weighted by Crippen LogP contribution is -2.56. The maximum atomic E-state index is 12.3. The van der Waals surface area contributed by atoms with Gasteiger partial charge in [-0.15, -0.1) is 0 Å². The number of alkyl carbamates (subject to hydrolysis) is 1.